The highest BCUT2D eigenvalue weighted by atomic mass is 16.5. The van der Waals surface area contributed by atoms with Crippen molar-refractivity contribution in [3.8, 4) is 0 Å². The van der Waals surface area contributed by atoms with Crippen molar-refractivity contribution >= 4 is 17.5 Å². The molecule has 23 heavy (non-hydrogen) atoms. The summed E-state index contributed by atoms with van der Waals surface area (Å²) in [6, 6.07) is 7.38. The number of amides is 2. The Labute approximate surface area is 136 Å². The van der Waals surface area contributed by atoms with Gasteiger partial charge in [-0.05, 0) is 44.4 Å². The third-order valence-electron chi connectivity index (χ3n) is 3.86. The third-order valence-corrected chi connectivity index (χ3v) is 3.86. The molecule has 0 radical (unpaired) electrons. The van der Waals surface area contributed by atoms with Crippen molar-refractivity contribution in [3.63, 3.8) is 0 Å². The van der Waals surface area contributed by atoms with Crippen LogP contribution < -0.4 is 16.4 Å². The third kappa shape index (κ3) is 5.04. The van der Waals surface area contributed by atoms with Gasteiger partial charge in [-0.2, -0.15) is 0 Å². The van der Waals surface area contributed by atoms with Crippen LogP contribution in [0.3, 0.4) is 0 Å². The molecule has 0 unspecified atom stereocenters. The molecule has 4 N–H and O–H groups in total. The maximum atomic E-state index is 12.3. The Kier molecular flexibility index (Phi) is 5.74. The minimum atomic E-state index is -0.867. The van der Waals surface area contributed by atoms with Gasteiger partial charge in [0.2, 0.25) is 11.8 Å². The van der Waals surface area contributed by atoms with Crippen LogP contribution in [0.2, 0.25) is 0 Å². The van der Waals surface area contributed by atoms with E-state index in [0.717, 1.165) is 5.56 Å². The summed E-state index contributed by atoms with van der Waals surface area (Å²) in [7, 11) is 0. The highest BCUT2D eigenvalue weighted by molar-refractivity contribution is 5.98. The fourth-order valence-corrected chi connectivity index (χ4v) is 2.48. The van der Waals surface area contributed by atoms with Crippen LogP contribution in [0.25, 0.3) is 0 Å². The summed E-state index contributed by atoms with van der Waals surface area (Å²) in [5.74, 6) is -0.203. The van der Waals surface area contributed by atoms with Crippen molar-refractivity contribution in [2.45, 2.75) is 44.7 Å². The van der Waals surface area contributed by atoms with Gasteiger partial charge in [0.25, 0.3) is 0 Å². The van der Waals surface area contributed by atoms with E-state index in [1.165, 1.54) is 0 Å². The first-order valence-electron chi connectivity index (χ1n) is 7.95. The zero-order chi connectivity index (χ0) is 16.9. The van der Waals surface area contributed by atoms with Crippen molar-refractivity contribution in [2.24, 2.45) is 5.73 Å². The number of carbonyl (C=O) groups is 2. The van der Waals surface area contributed by atoms with E-state index in [9.17, 15) is 9.59 Å². The summed E-state index contributed by atoms with van der Waals surface area (Å²) in [6.07, 6.45) is 1.36. The summed E-state index contributed by atoms with van der Waals surface area (Å²) in [6.45, 7) is 4.87. The number of anilines is 1. The molecule has 1 aliphatic rings. The molecule has 0 aliphatic carbocycles. The predicted molar refractivity (Wildman–Crippen MR) is 89.0 cm³/mol. The molecule has 0 spiro atoms. The van der Waals surface area contributed by atoms with Gasteiger partial charge in [0.1, 0.15) is 5.54 Å². The molecule has 2 amide bonds. The summed E-state index contributed by atoms with van der Waals surface area (Å²) < 4.78 is 5.25. The van der Waals surface area contributed by atoms with Crippen LogP contribution in [0.5, 0.6) is 0 Å². The number of hydrogen-bond donors (Lipinski definition) is 3. The van der Waals surface area contributed by atoms with Gasteiger partial charge in [-0.15, -0.1) is 0 Å². The van der Waals surface area contributed by atoms with Crippen LogP contribution in [0.1, 0.15) is 32.3 Å². The molecule has 1 saturated heterocycles. The summed E-state index contributed by atoms with van der Waals surface area (Å²) in [4.78, 5) is 24.0. The summed E-state index contributed by atoms with van der Waals surface area (Å²) in [5, 5.41) is 5.69. The second-order valence-electron chi connectivity index (χ2n) is 6.32. The molecule has 1 heterocycles. The molecular formula is C17H25N3O3. The molecule has 0 bridgehead atoms. The van der Waals surface area contributed by atoms with Crippen molar-refractivity contribution in [2.75, 3.05) is 18.5 Å². The standard InChI is InChI=1S/C17H25N3O3/c1-12(2)19-15(21)11-13-3-5-14(6-4-13)20-16(22)17(18)7-9-23-10-8-17/h3-6,12H,7-11,18H2,1-2H3,(H,19,21)(H,20,22). The lowest BCUT2D eigenvalue weighted by Gasteiger charge is -2.31. The molecule has 126 valence electrons. The first-order chi connectivity index (χ1) is 10.9. The average Bonchev–Trinajstić information content (AvgIpc) is 2.49. The van der Waals surface area contributed by atoms with Crippen LogP contribution in [0.15, 0.2) is 24.3 Å². The fourth-order valence-electron chi connectivity index (χ4n) is 2.48. The highest BCUT2D eigenvalue weighted by Crippen LogP contribution is 2.20. The van der Waals surface area contributed by atoms with E-state index in [2.05, 4.69) is 10.6 Å². The number of carbonyl (C=O) groups excluding carboxylic acids is 2. The van der Waals surface area contributed by atoms with Gasteiger partial charge in [-0.1, -0.05) is 12.1 Å². The smallest absolute Gasteiger partial charge is 0.244 e. The van der Waals surface area contributed by atoms with Gasteiger partial charge < -0.3 is 21.1 Å². The van der Waals surface area contributed by atoms with Crippen LogP contribution in [-0.4, -0.2) is 36.6 Å². The van der Waals surface area contributed by atoms with Crippen molar-refractivity contribution in [1.29, 1.82) is 0 Å². The minimum Gasteiger partial charge on any atom is -0.381 e. The van der Waals surface area contributed by atoms with E-state index >= 15 is 0 Å². The number of nitrogens with two attached hydrogens (primary N) is 1. The second-order valence-corrected chi connectivity index (χ2v) is 6.32. The van der Waals surface area contributed by atoms with E-state index in [0.29, 0.717) is 38.2 Å². The fraction of sp³-hybridized carbons (Fsp3) is 0.529. The Hall–Kier alpha value is -1.92. The van der Waals surface area contributed by atoms with Gasteiger partial charge in [-0.25, -0.2) is 0 Å². The number of ether oxygens (including phenoxy) is 1. The van der Waals surface area contributed by atoms with Gasteiger partial charge in [-0.3, -0.25) is 9.59 Å². The lowest BCUT2D eigenvalue weighted by molar-refractivity contribution is -0.124. The first kappa shape index (κ1) is 17.4. The van der Waals surface area contributed by atoms with E-state index in [1.807, 2.05) is 26.0 Å². The van der Waals surface area contributed by atoms with Crippen molar-refractivity contribution in [1.82, 2.24) is 5.32 Å². The Morgan fingerprint density at radius 3 is 2.39 bits per heavy atom. The van der Waals surface area contributed by atoms with Crippen molar-refractivity contribution < 1.29 is 14.3 Å². The molecule has 6 nitrogen and oxygen atoms in total. The minimum absolute atomic E-state index is 0.0140. The van der Waals surface area contributed by atoms with Crippen LogP contribution in [0.4, 0.5) is 5.69 Å². The topological polar surface area (TPSA) is 93.5 Å². The Morgan fingerprint density at radius 1 is 1.22 bits per heavy atom. The molecule has 2 rings (SSSR count). The SMILES string of the molecule is CC(C)NC(=O)Cc1ccc(NC(=O)C2(N)CCOCC2)cc1. The monoisotopic (exact) mass is 319 g/mol. The van der Waals surface area contributed by atoms with Crippen LogP contribution >= 0.6 is 0 Å². The van der Waals surface area contributed by atoms with E-state index < -0.39 is 5.54 Å². The van der Waals surface area contributed by atoms with E-state index in [-0.39, 0.29) is 17.9 Å². The maximum Gasteiger partial charge on any atom is 0.244 e. The quantitative estimate of drug-likeness (QED) is 0.760. The number of benzene rings is 1. The zero-order valence-electron chi connectivity index (χ0n) is 13.7. The van der Waals surface area contributed by atoms with Gasteiger partial charge in [0.15, 0.2) is 0 Å². The predicted octanol–water partition coefficient (Wildman–Crippen LogP) is 1.20. The van der Waals surface area contributed by atoms with Crippen LogP contribution in [0, 0.1) is 0 Å². The molecule has 0 atom stereocenters. The maximum absolute atomic E-state index is 12.3. The van der Waals surface area contributed by atoms with E-state index in [1.54, 1.807) is 12.1 Å². The van der Waals surface area contributed by atoms with Crippen molar-refractivity contribution in [3.05, 3.63) is 29.8 Å². The average molecular weight is 319 g/mol. The van der Waals surface area contributed by atoms with Crippen LogP contribution in [-0.2, 0) is 20.7 Å². The van der Waals surface area contributed by atoms with Gasteiger partial charge in [0.05, 0.1) is 6.42 Å². The molecule has 1 aromatic carbocycles. The molecule has 1 aromatic rings. The number of rotatable bonds is 5. The molecule has 0 aromatic heterocycles. The largest absolute Gasteiger partial charge is 0.381 e. The summed E-state index contributed by atoms with van der Waals surface area (Å²) in [5.41, 5.74) is 6.86. The Bertz CT molecular complexity index is 549. The lowest BCUT2D eigenvalue weighted by atomic mass is 9.90. The summed E-state index contributed by atoms with van der Waals surface area (Å²) >= 11 is 0. The van der Waals surface area contributed by atoms with Gasteiger partial charge in [0, 0.05) is 24.9 Å². The second kappa shape index (κ2) is 7.57. The van der Waals surface area contributed by atoms with E-state index in [4.69, 9.17) is 10.5 Å². The molecule has 0 saturated carbocycles. The Balaban J connectivity index is 1.92. The number of nitrogens with one attached hydrogen (secondary N) is 2. The molecule has 1 aliphatic heterocycles. The Morgan fingerprint density at radius 2 is 1.83 bits per heavy atom. The molecule has 6 heteroatoms. The van der Waals surface area contributed by atoms with Gasteiger partial charge >= 0.3 is 0 Å². The zero-order valence-corrected chi connectivity index (χ0v) is 13.7. The normalized spacial score (nSPS) is 16.9. The molecule has 1 fully saturated rings. The molecular weight excluding hydrogens is 294 g/mol. The lowest BCUT2D eigenvalue weighted by Crippen LogP contribution is -2.54. The first-order valence-corrected chi connectivity index (χ1v) is 7.95. The highest BCUT2D eigenvalue weighted by Gasteiger charge is 2.35. The number of hydrogen-bond acceptors (Lipinski definition) is 4.